The number of aromatic nitrogens is 3. The molecule has 0 radical (unpaired) electrons. The molecular weight excluding hydrogens is 1890 g/mol. The minimum absolute atomic E-state index is 0.0532. The number of alkyl carbamates (subject to hydrolysis) is 7. The number of benzene rings is 7. The molecule has 2 bridgehead atoms. The maximum Gasteiger partial charge on any atom is 0.408 e. The summed E-state index contributed by atoms with van der Waals surface area (Å²) in [7, 11) is 3.13. The summed E-state index contributed by atoms with van der Waals surface area (Å²) in [6.07, 6.45) is 20.0. The first-order chi connectivity index (χ1) is 70.4. The molecule has 3 fully saturated rings. The average molecular weight is 2050 g/mol. The second kappa shape index (κ2) is 60.1. The summed E-state index contributed by atoms with van der Waals surface area (Å²) in [5.74, 6) is 3.71. The molecule has 6 atom stereocenters. The van der Waals surface area contributed by atoms with E-state index in [9.17, 15) is 47.9 Å². The number of amides is 7. The second-order valence-electron chi connectivity index (χ2n) is 40.0. The number of hydrogen-bond donors (Lipinski definition) is 7. The summed E-state index contributed by atoms with van der Waals surface area (Å²) in [5.41, 5.74) is 11.0. The summed E-state index contributed by atoms with van der Waals surface area (Å²) in [4.78, 5) is 127. The first-order valence-electron chi connectivity index (χ1n) is 51.3. The van der Waals surface area contributed by atoms with Crippen molar-refractivity contribution in [2.75, 3.05) is 70.8 Å². The SMILES string of the molecule is C=C(C)c1cccc(C(C)(C)NC(=O)OCC2CC3C4CC(OC(=O)NC(C)(C)c5cccc(C(=C)C)c5)C(C4)C3C2)c1.C=C(C)c1cccc(C(C)(C)NC(=O)OCCSSCCOC(=O)NC(C)(C)c2cccc(C(=C)C)c2)c1.O=C(NCCCCCCn1c(=O)n(CCCCCCNC(=O)OC/C=C/c2ccccc2)c(=O)n(CCCCCCNC(=O)OC/C=C/c2ccccc2)c1=O)OC/C=C/c1ccccc1. The first kappa shape index (κ1) is 117. The quantitative estimate of drug-likeness (QED) is 0.0106. The fraction of sp³-hybridized carbons (Fsp3) is 0.441. The number of ether oxygens (including phenoxy) is 7. The molecule has 29 heteroatoms. The van der Waals surface area contributed by atoms with Crippen LogP contribution in [0.25, 0.3) is 40.5 Å². The van der Waals surface area contributed by atoms with Crippen molar-refractivity contribution in [3.8, 4) is 0 Å². The summed E-state index contributed by atoms with van der Waals surface area (Å²) < 4.78 is 41.6. The zero-order chi connectivity index (χ0) is 106. The Morgan fingerprint density at radius 2 is 0.639 bits per heavy atom. The smallest absolute Gasteiger partial charge is 0.408 e. The fourth-order valence-corrected chi connectivity index (χ4v) is 19.8. The highest BCUT2D eigenvalue weighted by molar-refractivity contribution is 8.76. The molecule has 0 spiro atoms. The molecule has 0 saturated heterocycles. The van der Waals surface area contributed by atoms with Crippen LogP contribution in [0.2, 0.25) is 0 Å². The monoisotopic (exact) mass is 2050 g/mol. The Kier molecular flexibility index (Phi) is 48.0. The molecular formula is C118H154N10O17S2. The van der Waals surface area contributed by atoms with Gasteiger partial charge in [-0.05, 0) is 281 Å². The predicted molar refractivity (Wildman–Crippen MR) is 593 cm³/mol. The highest BCUT2D eigenvalue weighted by atomic mass is 33.1. The topological polar surface area (TPSA) is 334 Å². The number of fused-ring (bicyclic) bond motifs is 5. The van der Waals surface area contributed by atoms with E-state index in [1.165, 1.54) is 0 Å². The Morgan fingerprint density at radius 3 is 0.959 bits per heavy atom. The van der Waals surface area contributed by atoms with Gasteiger partial charge in [-0.1, -0.05) is 291 Å². The average Bonchev–Trinajstić information content (AvgIpc) is 1.58. The van der Waals surface area contributed by atoms with Gasteiger partial charge >= 0.3 is 59.7 Å². The summed E-state index contributed by atoms with van der Waals surface area (Å²) in [6, 6.07) is 61.3. The Hall–Kier alpha value is -13.3. The zero-order valence-electron chi connectivity index (χ0n) is 88.0. The third kappa shape index (κ3) is 40.1. The van der Waals surface area contributed by atoms with Crippen LogP contribution in [-0.4, -0.2) is 133 Å². The third-order valence-corrected chi connectivity index (χ3v) is 28.8. The molecule has 147 heavy (non-hydrogen) atoms. The molecule has 3 aliphatic carbocycles. The van der Waals surface area contributed by atoms with Crippen LogP contribution < -0.4 is 54.3 Å². The minimum atomic E-state index is -0.619. The van der Waals surface area contributed by atoms with E-state index >= 15 is 0 Å². The molecule has 7 N–H and O–H groups in total. The third-order valence-electron chi connectivity index (χ3n) is 26.4. The lowest BCUT2D eigenvalue weighted by Gasteiger charge is -2.33. The van der Waals surface area contributed by atoms with Crippen LogP contribution in [0.3, 0.4) is 0 Å². The highest BCUT2D eigenvalue weighted by Gasteiger charge is 2.57. The maximum atomic E-state index is 13.6. The largest absolute Gasteiger partial charge is 0.449 e. The Balaban J connectivity index is 0.000000258. The molecule has 790 valence electrons. The molecule has 7 aromatic carbocycles. The lowest BCUT2D eigenvalue weighted by molar-refractivity contribution is 0.0309. The summed E-state index contributed by atoms with van der Waals surface area (Å²) >= 11 is 0. The Morgan fingerprint density at radius 1 is 0.340 bits per heavy atom. The lowest BCUT2D eigenvalue weighted by atomic mass is 9.80. The van der Waals surface area contributed by atoms with Gasteiger partial charge in [0.25, 0.3) is 0 Å². The van der Waals surface area contributed by atoms with E-state index in [1.54, 1.807) is 39.8 Å². The van der Waals surface area contributed by atoms with Crippen molar-refractivity contribution < 1.29 is 66.7 Å². The van der Waals surface area contributed by atoms with Gasteiger partial charge in [0.15, 0.2) is 0 Å². The summed E-state index contributed by atoms with van der Waals surface area (Å²) in [6.45, 7) is 42.9. The molecule has 0 aliphatic heterocycles. The van der Waals surface area contributed by atoms with Crippen LogP contribution in [-0.2, 0) is 74.9 Å². The molecule has 6 unspecified atom stereocenters. The van der Waals surface area contributed by atoms with Crippen LogP contribution in [0.5, 0.6) is 0 Å². The van der Waals surface area contributed by atoms with E-state index in [2.05, 4.69) is 75.7 Å². The number of carbonyl (C=O) groups excluding carboxylic acids is 7. The molecule has 7 amide bonds. The normalized spacial score (nSPS) is 15.6. The van der Waals surface area contributed by atoms with E-state index in [-0.39, 0.29) is 71.0 Å². The van der Waals surface area contributed by atoms with Gasteiger partial charge in [-0.25, -0.2) is 61.6 Å². The number of carbonyl (C=O) groups is 7. The standard InChI is InChI=1S/C51H66N6O9.C37H48N2O4.C30H40N2O4S2/c58-46(64-40-22-31-43-25-10-7-11-26-43)52-34-16-1-4-19-37-55-49(61)56(38-20-5-2-17-35-53-47(59)65-41-23-32-44-27-12-8-13-28-44)51(63)57(50(55)62)39-21-6-3-18-36-54-48(60)66-42-24-33-45-29-14-9-15-30-45;1-22(2)25-11-9-13-28(17-25)36(5,6)38-34(40)42-21-24-15-30-27-19-32(31(30)16-24)33(20-27)43-35(41)39-37(7,8)29-14-10-12-26(18-29)23(3)4;1-21(2)23-11-9-13-25(19-23)29(5,6)31-27(33)35-15-17-37-38-18-16-36-28(34)32-30(7,8)26-14-10-12-24(20-26)22(3)4/h7-15,22-33H,1-6,16-21,34-42H2,(H,52,58)(H,53,59)(H,54,60);9-14,17-18,24,27,30-33H,1,3,15-16,19-21H2,2,4-8H3,(H,38,40)(H,39,41);9-14,19-20H,1,3,15-18H2,2,4-8H3,(H,31,33)(H,32,34)/b31-22+,32-23+,33-24+;;. The molecule has 3 saturated carbocycles. The van der Waals surface area contributed by atoms with Crippen LogP contribution >= 0.6 is 21.6 Å². The zero-order valence-corrected chi connectivity index (χ0v) is 89.6. The number of allylic oxidation sites excluding steroid dienone is 4. The number of nitrogens with zero attached hydrogens (tertiary/aromatic N) is 3. The molecule has 1 heterocycles. The van der Waals surface area contributed by atoms with Gasteiger partial charge < -0.3 is 70.4 Å². The van der Waals surface area contributed by atoms with Crippen molar-refractivity contribution in [2.24, 2.45) is 29.6 Å². The van der Waals surface area contributed by atoms with E-state index in [0.29, 0.717) is 125 Å². The maximum absolute atomic E-state index is 13.6. The molecule has 1 aromatic heterocycles. The number of rotatable bonds is 52. The molecule has 27 nitrogen and oxygen atoms in total. The van der Waals surface area contributed by atoms with Gasteiger partial charge in [0.05, 0.1) is 28.8 Å². The second-order valence-corrected chi connectivity index (χ2v) is 42.7. The van der Waals surface area contributed by atoms with Crippen molar-refractivity contribution >= 4 is 105 Å². The number of unbranched alkanes of at least 4 members (excludes halogenated alkanes) is 9. The van der Waals surface area contributed by atoms with E-state index < -0.39 is 69.7 Å². The van der Waals surface area contributed by atoms with Crippen LogP contribution in [0.4, 0.5) is 33.6 Å². The van der Waals surface area contributed by atoms with Crippen molar-refractivity contribution in [3.05, 3.63) is 325 Å². The first-order valence-corrected chi connectivity index (χ1v) is 53.8. The van der Waals surface area contributed by atoms with Crippen molar-refractivity contribution in [3.63, 3.8) is 0 Å². The van der Waals surface area contributed by atoms with Gasteiger partial charge in [0.1, 0.15) is 39.1 Å². The van der Waals surface area contributed by atoms with E-state index in [1.807, 2.05) is 277 Å². The van der Waals surface area contributed by atoms with Gasteiger partial charge in [-0.3, -0.25) is 0 Å². The highest BCUT2D eigenvalue weighted by Crippen LogP contribution is 2.61. The van der Waals surface area contributed by atoms with Gasteiger partial charge in [-0.15, -0.1) is 0 Å². The van der Waals surface area contributed by atoms with Crippen LogP contribution in [0.15, 0.2) is 247 Å². The molecule has 8 aromatic rings. The fourth-order valence-electron chi connectivity index (χ4n) is 18.2. The van der Waals surface area contributed by atoms with Gasteiger partial charge in [0, 0.05) is 50.8 Å². The number of nitrogens with one attached hydrogen (secondary N) is 7. The van der Waals surface area contributed by atoms with Gasteiger partial charge in [0.2, 0.25) is 0 Å². The van der Waals surface area contributed by atoms with E-state index in [0.717, 1.165) is 142 Å². The van der Waals surface area contributed by atoms with Crippen LogP contribution in [0.1, 0.15) is 247 Å². The molecule has 11 rings (SSSR count). The van der Waals surface area contributed by atoms with E-state index in [4.69, 9.17) is 33.2 Å². The van der Waals surface area contributed by atoms with Crippen molar-refractivity contribution in [2.45, 2.75) is 234 Å². The Bertz CT molecular complexity index is 5570. The number of hydrogen-bond acceptors (Lipinski definition) is 19. The molecule has 3 aliphatic rings. The Labute approximate surface area is 876 Å². The van der Waals surface area contributed by atoms with Crippen molar-refractivity contribution in [1.29, 1.82) is 0 Å². The summed E-state index contributed by atoms with van der Waals surface area (Å²) in [5, 5.41) is 20.2. The van der Waals surface area contributed by atoms with Crippen molar-refractivity contribution in [1.82, 2.24) is 50.9 Å². The van der Waals surface area contributed by atoms with Gasteiger partial charge in [-0.2, -0.15) is 0 Å². The predicted octanol–water partition coefficient (Wildman–Crippen LogP) is 24.4. The van der Waals surface area contributed by atoms with Crippen LogP contribution in [0, 0.1) is 29.6 Å². The lowest BCUT2D eigenvalue weighted by Crippen LogP contribution is -2.54. The minimum Gasteiger partial charge on any atom is -0.449 e.